The van der Waals surface area contributed by atoms with Gasteiger partial charge in [0.25, 0.3) is 0 Å². The van der Waals surface area contributed by atoms with E-state index in [1.165, 1.54) is 19.2 Å². The SMILES string of the molecule is COc1ccc(CCNC(=O)[C@H](c2ccccc2)N(Cc2ccc(F)cc2)C(=O)Cc2ccc(OC)c(OC)c2)cc1. The Bertz CT molecular complexity index is 1460. The third kappa shape index (κ3) is 7.87. The fraction of sp³-hybridized carbons (Fsp3) is 0.235. The molecule has 0 aliphatic rings. The van der Waals surface area contributed by atoms with Gasteiger partial charge in [0.1, 0.15) is 17.6 Å². The van der Waals surface area contributed by atoms with Crippen LogP contribution in [0.2, 0.25) is 0 Å². The molecule has 8 heteroatoms. The third-order valence-electron chi connectivity index (χ3n) is 6.94. The first-order valence-corrected chi connectivity index (χ1v) is 13.6. The van der Waals surface area contributed by atoms with E-state index in [0.717, 1.165) is 11.3 Å². The van der Waals surface area contributed by atoms with Crippen LogP contribution in [0.4, 0.5) is 4.39 Å². The number of carbonyl (C=O) groups excluding carboxylic acids is 2. The third-order valence-corrected chi connectivity index (χ3v) is 6.94. The lowest BCUT2D eigenvalue weighted by molar-refractivity contribution is -0.141. The highest BCUT2D eigenvalue weighted by molar-refractivity contribution is 5.89. The minimum absolute atomic E-state index is 0.0179. The Hall–Kier alpha value is -4.85. The van der Waals surface area contributed by atoms with Crippen LogP contribution in [0.25, 0.3) is 0 Å². The quantitative estimate of drug-likeness (QED) is 0.229. The average molecular weight is 571 g/mol. The normalized spacial score (nSPS) is 11.3. The Labute approximate surface area is 245 Å². The summed E-state index contributed by atoms with van der Waals surface area (Å²) in [5, 5.41) is 3.03. The number of amides is 2. The Morgan fingerprint density at radius 2 is 1.40 bits per heavy atom. The van der Waals surface area contributed by atoms with Gasteiger partial charge in [0, 0.05) is 13.1 Å². The molecule has 2 amide bonds. The Morgan fingerprint density at radius 1 is 0.762 bits per heavy atom. The largest absolute Gasteiger partial charge is 0.497 e. The van der Waals surface area contributed by atoms with Crippen molar-refractivity contribution in [3.05, 3.63) is 125 Å². The number of nitrogens with one attached hydrogen (secondary N) is 1. The molecule has 4 aromatic carbocycles. The molecule has 0 aliphatic heterocycles. The first-order chi connectivity index (χ1) is 20.4. The van der Waals surface area contributed by atoms with E-state index >= 15 is 0 Å². The second kappa shape index (κ2) is 14.7. The molecule has 0 radical (unpaired) electrons. The van der Waals surface area contributed by atoms with E-state index in [4.69, 9.17) is 14.2 Å². The number of rotatable bonds is 13. The van der Waals surface area contributed by atoms with Crippen molar-refractivity contribution in [1.82, 2.24) is 10.2 Å². The zero-order valence-electron chi connectivity index (χ0n) is 24.0. The maximum absolute atomic E-state index is 14.0. The van der Waals surface area contributed by atoms with Crippen LogP contribution in [0.5, 0.6) is 17.2 Å². The van der Waals surface area contributed by atoms with Crippen molar-refractivity contribution in [3.8, 4) is 17.2 Å². The van der Waals surface area contributed by atoms with Gasteiger partial charge in [-0.05, 0) is 65.1 Å². The smallest absolute Gasteiger partial charge is 0.247 e. The van der Waals surface area contributed by atoms with Crippen molar-refractivity contribution in [3.63, 3.8) is 0 Å². The summed E-state index contributed by atoms with van der Waals surface area (Å²) >= 11 is 0. The van der Waals surface area contributed by atoms with E-state index in [2.05, 4.69) is 5.32 Å². The summed E-state index contributed by atoms with van der Waals surface area (Å²) in [6.45, 7) is 0.487. The number of carbonyl (C=O) groups is 2. The number of nitrogens with zero attached hydrogens (tertiary/aromatic N) is 1. The Balaban J connectivity index is 1.62. The Morgan fingerprint density at radius 3 is 2.05 bits per heavy atom. The molecular weight excluding hydrogens is 535 g/mol. The summed E-state index contributed by atoms with van der Waals surface area (Å²) in [4.78, 5) is 29.4. The summed E-state index contributed by atoms with van der Waals surface area (Å²) in [6.07, 6.45) is 0.624. The van der Waals surface area contributed by atoms with Crippen LogP contribution in [-0.2, 0) is 29.0 Å². The van der Waals surface area contributed by atoms with Gasteiger partial charge >= 0.3 is 0 Å². The van der Waals surface area contributed by atoms with Crippen LogP contribution in [0, 0.1) is 5.82 Å². The van der Waals surface area contributed by atoms with E-state index < -0.39 is 6.04 Å². The molecule has 0 saturated heterocycles. The molecule has 0 heterocycles. The van der Waals surface area contributed by atoms with Gasteiger partial charge in [-0.15, -0.1) is 0 Å². The molecule has 0 bridgehead atoms. The van der Waals surface area contributed by atoms with Gasteiger partial charge in [-0.1, -0.05) is 60.7 Å². The van der Waals surface area contributed by atoms with Gasteiger partial charge in [-0.2, -0.15) is 0 Å². The summed E-state index contributed by atoms with van der Waals surface area (Å²) in [5.41, 5.74) is 3.11. The van der Waals surface area contributed by atoms with Crippen molar-refractivity contribution in [2.75, 3.05) is 27.9 Å². The number of halogens is 1. The van der Waals surface area contributed by atoms with Crippen LogP contribution in [-0.4, -0.2) is 44.6 Å². The van der Waals surface area contributed by atoms with Gasteiger partial charge in [-0.3, -0.25) is 9.59 Å². The Kier molecular flexibility index (Phi) is 10.5. The molecule has 0 fully saturated rings. The van der Waals surface area contributed by atoms with Gasteiger partial charge in [0.05, 0.1) is 27.8 Å². The summed E-state index contributed by atoms with van der Waals surface area (Å²) in [5.74, 6) is 0.858. The summed E-state index contributed by atoms with van der Waals surface area (Å²) in [6, 6.07) is 27.1. The highest BCUT2D eigenvalue weighted by Gasteiger charge is 2.31. The van der Waals surface area contributed by atoms with Crippen LogP contribution < -0.4 is 19.5 Å². The average Bonchev–Trinajstić information content (AvgIpc) is 3.02. The van der Waals surface area contributed by atoms with Crippen LogP contribution in [0.1, 0.15) is 28.3 Å². The molecule has 1 atom stereocenters. The molecule has 0 aliphatic carbocycles. The molecule has 4 rings (SSSR count). The first-order valence-electron chi connectivity index (χ1n) is 13.6. The molecule has 42 heavy (non-hydrogen) atoms. The molecular formula is C34H35FN2O5. The first kappa shape index (κ1) is 30.1. The van der Waals surface area contributed by atoms with Gasteiger partial charge in [0.15, 0.2) is 11.5 Å². The van der Waals surface area contributed by atoms with E-state index in [1.54, 1.807) is 49.5 Å². The number of hydrogen-bond donors (Lipinski definition) is 1. The molecule has 0 saturated carbocycles. The number of benzene rings is 4. The molecule has 1 N–H and O–H groups in total. The molecule has 218 valence electrons. The number of methoxy groups -OCH3 is 3. The molecule has 0 aromatic heterocycles. The lowest BCUT2D eigenvalue weighted by atomic mass is 10.0. The standard InChI is InChI=1S/C34H35FN2O5/c1-40-29-16-11-24(12-17-29)19-20-36-34(39)33(27-7-5-4-6-8-27)37(23-25-9-14-28(35)15-10-25)32(38)22-26-13-18-30(41-2)31(21-26)42-3/h4-18,21,33H,19-20,22-23H2,1-3H3,(H,36,39)/t33-/m0/s1. The fourth-order valence-corrected chi connectivity index (χ4v) is 4.70. The molecule has 4 aromatic rings. The highest BCUT2D eigenvalue weighted by Crippen LogP contribution is 2.29. The lowest BCUT2D eigenvalue weighted by Crippen LogP contribution is -2.44. The predicted octanol–water partition coefficient (Wildman–Crippen LogP) is 5.52. The van der Waals surface area contributed by atoms with Crippen LogP contribution in [0.3, 0.4) is 0 Å². The maximum atomic E-state index is 14.0. The van der Waals surface area contributed by atoms with E-state index in [0.29, 0.717) is 41.2 Å². The van der Waals surface area contributed by atoms with Crippen molar-refractivity contribution in [2.45, 2.75) is 25.4 Å². The second-order valence-electron chi connectivity index (χ2n) is 9.72. The maximum Gasteiger partial charge on any atom is 0.247 e. The van der Waals surface area contributed by atoms with Gasteiger partial charge < -0.3 is 24.4 Å². The minimum Gasteiger partial charge on any atom is -0.497 e. The topological polar surface area (TPSA) is 77.1 Å². The monoisotopic (exact) mass is 570 g/mol. The highest BCUT2D eigenvalue weighted by atomic mass is 19.1. The van der Waals surface area contributed by atoms with E-state index in [1.807, 2.05) is 54.6 Å². The summed E-state index contributed by atoms with van der Waals surface area (Å²) in [7, 11) is 4.69. The van der Waals surface area contributed by atoms with E-state index in [9.17, 15) is 14.0 Å². The van der Waals surface area contributed by atoms with Crippen molar-refractivity contribution < 1.29 is 28.2 Å². The van der Waals surface area contributed by atoms with Crippen molar-refractivity contribution >= 4 is 11.8 Å². The van der Waals surface area contributed by atoms with Crippen molar-refractivity contribution in [1.29, 1.82) is 0 Å². The second-order valence-corrected chi connectivity index (χ2v) is 9.72. The zero-order valence-corrected chi connectivity index (χ0v) is 24.0. The molecule has 0 unspecified atom stereocenters. The zero-order chi connectivity index (χ0) is 29.9. The van der Waals surface area contributed by atoms with Crippen molar-refractivity contribution in [2.24, 2.45) is 0 Å². The number of ether oxygens (including phenoxy) is 3. The molecule has 7 nitrogen and oxygen atoms in total. The number of hydrogen-bond acceptors (Lipinski definition) is 5. The van der Waals surface area contributed by atoms with Crippen LogP contribution >= 0.6 is 0 Å². The van der Waals surface area contributed by atoms with Gasteiger partial charge in [-0.25, -0.2) is 4.39 Å². The minimum atomic E-state index is -0.917. The molecule has 0 spiro atoms. The van der Waals surface area contributed by atoms with Crippen LogP contribution in [0.15, 0.2) is 97.1 Å². The summed E-state index contributed by atoms with van der Waals surface area (Å²) < 4.78 is 29.7. The fourth-order valence-electron chi connectivity index (χ4n) is 4.70. The predicted molar refractivity (Wildman–Crippen MR) is 159 cm³/mol. The lowest BCUT2D eigenvalue weighted by Gasteiger charge is -2.32. The van der Waals surface area contributed by atoms with Gasteiger partial charge in [0.2, 0.25) is 11.8 Å². The van der Waals surface area contributed by atoms with E-state index in [-0.39, 0.29) is 30.6 Å².